The molecule has 4 heterocycles. The summed E-state index contributed by atoms with van der Waals surface area (Å²) in [6.07, 6.45) is 26.0. The van der Waals surface area contributed by atoms with E-state index < -0.39 is 0 Å². The van der Waals surface area contributed by atoms with Gasteiger partial charge in [-0.3, -0.25) is 0 Å². The minimum absolute atomic E-state index is 0. The molecule has 4 aromatic carbocycles. The number of allylic oxidation sites excluding steroid dienone is 4. The summed E-state index contributed by atoms with van der Waals surface area (Å²) in [4.78, 5) is 9.31. The largest absolute Gasteiger partial charge is 2.00 e. The van der Waals surface area contributed by atoms with Gasteiger partial charge in [0.05, 0.1) is 0 Å². The third-order valence-corrected chi connectivity index (χ3v) is 9.74. The molecule has 0 saturated heterocycles. The molecular weight excluding hydrogens is 881 g/mol. The van der Waals surface area contributed by atoms with Crippen LogP contribution in [0.2, 0.25) is 0 Å². The van der Waals surface area contributed by atoms with Crippen LogP contribution in [0.4, 0.5) is 0 Å². The number of rotatable bonds is 8. The van der Waals surface area contributed by atoms with Crippen LogP contribution in [0.25, 0.3) is 0 Å². The molecule has 8 rings (SSSR count). The van der Waals surface area contributed by atoms with Crippen LogP contribution in [0.3, 0.4) is 0 Å². The van der Waals surface area contributed by atoms with Crippen molar-refractivity contribution in [3.05, 3.63) is 196 Å². The molecule has 0 aliphatic carbocycles. The molecule has 0 aromatic heterocycles. The summed E-state index contributed by atoms with van der Waals surface area (Å²) in [5, 5.41) is 0. The van der Waals surface area contributed by atoms with E-state index in [9.17, 15) is 0 Å². The molecule has 0 radical (unpaired) electrons. The van der Waals surface area contributed by atoms with E-state index in [2.05, 4.69) is 243 Å². The quantitative estimate of drug-likeness (QED) is 0.181. The Kier molecular flexibility index (Phi) is 26.0. The molecule has 0 bridgehead atoms. The summed E-state index contributed by atoms with van der Waals surface area (Å²) < 4.78 is 0. The average molecular weight is 934 g/mol. The summed E-state index contributed by atoms with van der Waals surface area (Å²) in [5.41, 5.74) is 5.48. The first-order valence-corrected chi connectivity index (χ1v) is 19.0. The SMILES string of the molecule is CCN1C=C[CH-]B1c1ccccc1.CCN1C=C[CH-]B1c1ccccc1.CCN1C=C[CH-]B1c1ccccc1.CCN1C=C[CH-]B1c1ccccc1.[Cl-].[Cl-].[Zr+2].[Zr+2]. The van der Waals surface area contributed by atoms with Gasteiger partial charge in [-0.25, -0.2) is 49.6 Å². The second kappa shape index (κ2) is 28.5. The van der Waals surface area contributed by atoms with E-state index in [0.717, 1.165) is 26.2 Å². The molecule has 0 amide bonds. The Bertz CT molecular complexity index is 1460. The first-order chi connectivity index (χ1) is 25.7. The minimum Gasteiger partial charge on any atom is -1.00 e. The van der Waals surface area contributed by atoms with Crippen LogP contribution in [-0.4, -0.2) is 72.8 Å². The zero-order chi connectivity index (χ0) is 36.4. The van der Waals surface area contributed by atoms with Gasteiger partial charge in [-0.2, -0.15) is 24.8 Å². The molecule has 0 unspecified atom stereocenters. The molecular formula is C44H52B4Cl2N4Zr2-2. The van der Waals surface area contributed by atoms with Gasteiger partial charge in [0.25, 0.3) is 0 Å². The van der Waals surface area contributed by atoms with Crippen LogP contribution < -0.4 is 46.7 Å². The topological polar surface area (TPSA) is 13.0 Å². The Morgan fingerprint density at radius 1 is 0.339 bits per heavy atom. The van der Waals surface area contributed by atoms with Crippen LogP contribution in [0.5, 0.6) is 0 Å². The molecule has 4 aliphatic heterocycles. The normalized spacial score (nSPS) is 13.8. The minimum atomic E-state index is 0. The molecule has 4 aliphatic rings. The molecule has 4 nitrogen and oxygen atoms in total. The fraction of sp³-hybridized carbons (Fsp3) is 0.182. The predicted molar refractivity (Wildman–Crippen MR) is 231 cm³/mol. The maximum Gasteiger partial charge on any atom is 2.00 e. The third kappa shape index (κ3) is 14.8. The van der Waals surface area contributed by atoms with Gasteiger partial charge in [0.2, 0.25) is 0 Å². The van der Waals surface area contributed by atoms with E-state index in [1.165, 1.54) is 21.9 Å². The van der Waals surface area contributed by atoms with E-state index in [1.54, 1.807) is 0 Å². The predicted octanol–water partition coefficient (Wildman–Crippen LogP) is -0.0858. The van der Waals surface area contributed by atoms with E-state index in [0.29, 0.717) is 27.4 Å². The van der Waals surface area contributed by atoms with Crippen molar-refractivity contribution in [2.24, 2.45) is 0 Å². The van der Waals surface area contributed by atoms with Gasteiger partial charge >= 0.3 is 52.4 Å². The molecule has 0 saturated carbocycles. The van der Waals surface area contributed by atoms with Crippen LogP contribution in [0, 0.1) is 25.3 Å². The Morgan fingerprint density at radius 3 is 0.679 bits per heavy atom. The number of halogens is 2. The van der Waals surface area contributed by atoms with Gasteiger partial charge in [0, 0.05) is 0 Å². The van der Waals surface area contributed by atoms with Crippen LogP contribution in [0.1, 0.15) is 27.7 Å². The molecule has 0 N–H and O–H groups in total. The molecule has 0 atom stereocenters. The molecule has 0 spiro atoms. The Morgan fingerprint density at radius 2 is 0.518 bits per heavy atom. The Labute approximate surface area is 391 Å². The van der Waals surface area contributed by atoms with Crippen molar-refractivity contribution in [1.82, 2.24) is 19.2 Å². The summed E-state index contributed by atoms with van der Waals surface area (Å²) >= 11 is 0. The molecule has 56 heavy (non-hydrogen) atoms. The van der Waals surface area contributed by atoms with Gasteiger partial charge in [0.1, 0.15) is 0 Å². The van der Waals surface area contributed by atoms with Gasteiger partial charge in [-0.05, 0) is 26.2 Å². The fourth-order valence-corrected chi connectivity index (χ4v) is 6.89. The van der Waals surface area contributed by atoms with Gasteiger partial charge < -0.3 is 44.1 Å². The van der Waals surface area contributed by atoms with Crippen molar-refractivity contribution >= 4 is 49.2 Å². The Hall–Kier alpha value is -2.87. The van der Waals surface area contributed by atoms with E-state index in [4.69, 9.17) is 0 Å². The van der Waals surface area contributed by atoms with Crippen molar-refractivity contribution in [2.75, 3.05) is 26.2 Å². The van der Waals surface area contributed by atoms with Crippen LogP contribution in [-0.2, 0) is 52.4 Å². The van der Waals surface area contributed by atoms with E-state index >= 15 is 0 Å². The van der Waals surface area contributed by atoms with Gasteiger partial charge in [-0.1, -0.05) is 171 Å². The van der Waals surface area contributed by atoms with Gasteiger partial charge in [0.15, 0.2) is 27.4 Å². The summed E-state index contributed by atoms with van der Waals surface area (Å²) in [7, 11) is 0. The number of hydrogen-bond donors (Lipinski definition) is 0. The molecule has 4 aromatic rings. The molecule has 0 fully saturated rings. The summed E-state index contributed by atoms with van der Waals surface area (Å²) in [6, 6.07) is 42.4. The van der Waals surface area contributed by atoms with Crippen molar-refractivity contribution < 1.29 is 77.2 Å². The van der Waals surface area contributed by atoms with Crippen LogP contribution in [0.15, 0.2) is 170 Å². The average Bonchev–Trinajstić information content (AvgIpc) is 4.07. The summed E-state index contributed by atoms with van der Waals surface area (Å²) in [5.74, 6) is 0. The van der Waals surface area contributed by atoms with Crippen molar-refractivity contribution in [2.45, 2.75) is 27.7 Å². The smallest absolute Gasteiger partial charge is 1.00 e. The number of hydrogen-bond acceptors (Lipinski definition) is 4. The maximum atomic E-state index is 2.33. The van der Waals surface area contributed by atoms with Crippen LogP contribution >= 0.6 is 0 Å². The zero-order valence-electron chi connectivity index (χ0n) is 33.2. The first-order valence-electron chi connectivity index (χ1n) is 19.0. The van der Waals surface area contributed by atoms with E-state index in [-0.39, 0.29) is 77.2 Å². The van der Waals surface area contributed by atoms with E-state index in [1.807, 2.05) is 0 Å². The number of benzene rings is 4. The maximum absolute atomic E-state index is 2.33. The summed E-state index contributed by atoms with van der Waals surface area (Å²) in [6.45, 7) is 14.8. The van der Waals surface area contributed by atoms with Gasteiger partial charge in [-0.15, -0.1) is 0 Å². The fourth-order valence-electron chi connectivity index (χ4n) is 6.89. The standard InChI is InChI=1S/4C11H13BN.2ClH.2Zr/c4*1-2-13-10-6-9-12(13)11-7-4-3-5-8-11;;;;/h4*3-10H,2H2,1H3;2*1H;;/q4*-1;;;2*+2/p-2. The number of nitrogens with zero attached hydrogens (tertiary/aromatic N) is 4. The van der Waals surface area contributed by atoms with Crippen molar-refractivity contribution in [3.8, 4) is 0 Å². The molecule has 284 valence electrons. The van der Waals surface area contributed by atoms with Crippen molar-refractivity contribution in [1.29, 1.82) is 0 Å². The second-order valence-corrected chi connectivity index (χ2v) is 12.9. The Balaban J connectivity index is 0.000000365. The zero-order valence-corrected chi connectivity index (χ0v) is 39.6. The molecule has 12 heteroatoms. The monoisotopic (exact) mass is 930 g/mol. The third-order valence-electron chi connectivity index (χ3n) is 9.74. The second-order valence-electron chi connectivity index (χ2n) is 12.9. The van der Waals surface area contributed by atoms with Crippen molar-refractivity contribution in [3.63, 3.8) is 0 Å². The first kappa shape index (κ1) is 51.1.